The Hall–Kier alpha value is -2.29. The number of rotatable bonds is 2. The minimum atomic E-state index is -4.55. The molecule has 106 valence electrons. The Morgan fingerprint density at radius 2 is 2.00 bits per heavy atom. The number of pyridine rings is 1. The van der Waals surface area contributed by atoms with E-state index in [-0.39, 0.29) is 22.3 Å². The summed E-state index contributed by atoms with van der Waals surface area (Å²) >= 11 is 5.70. The van der Waals surface area contributed by atoms with Crippen molar-refractivity contribution in [3.8, 4) is 0 Å². The van der Waals surface area contributed by atoms with Gasteiger partial charge in [-0.1, -0.05) is 11.6 Å². The van der Waals surface area contributed by atoms with Crippen molar-refractivity contribution in [2.45, 2.75) is 6.18 Å². The van der Waals surface area contributed by atoms with Crippen LogP contribution in [-0.2, 0) is 6.18 Å². The third-order valence-corrected chi connectivity index (χ3v) is 2.58. The van der Waals surface area contributed by atoms with Gasteiger partial charge in [-0.3, -0.25) is 4.79 Å². The molecule has 0 radical (unpaired) electrons. The lowest BCUT2D eigenvalue weighted by Crippen LogP contribution is -2.15. The molecule has 0 unspecified atom stereocenters. The van der Waals surface area contributed by atoms with E-state index in [0.717, 1.165) is 6.33 Å². The number of hydrogen-bond donors (Lipinski definition) is 3. The van der Waals surface area contributed by atoms with E-state index < -0.39 is 17.3 Å². The first kappa shape index (κ1) is 14.1. The molecule has 0 aliphatic heterocycles. The molecule has 0 amide bonds. The number of nitrogen functional groups attached to an aromatic ring is 1. The van der Waals surface area contributed by atoms with Gasteiger partial charge in [0.2, 0.25) is 0 Å². The maximum absolute atomic E-state index is 12.4. The van der Waals surface area contributed by atoms with Crippen LogP contribution in [0.2, 0.25) is 5.02 Å². The fraction of sp³-hybridized carbons (Fsp3) is 0.100. The second-order valence-corrected chi connectivity index (χ2v) is 4.08. The number of hydrogen-bond acceptors (Lipinski definition) is 5. The first-order valence-electron chi connectivity index (χ1n) is 5.12. The van der Waals surface area contributed by atoms with Crippen LogP contribution in [-0.4, -0.2) is 15.0 Å². The van der Waals surface area contributed by atoms with Crippen LogP contribution in [0, 0.1) is 0 Å². The van der Waals surface area contributed by atoms with Gasteiger partial charge in [0.1, 0.15) is 11.5 Å². The van der Waals surface area contributed by atoms with Gasteiger partial charge in [-0.25, -0.2) is 9.97 Å². The molecule has 0 saturated carbocycles. The molecule has 0 aliphatic carbocycles. The van der Waals surface area contributed by atoms with E-state index in [0.29, 0.717) is 12.3 Å². The summed E-state index contributed by atoms with van der Waals surface area (Å²) in [6.45, 7) is 0. The summed E-state index contributed by atoms with van der Waals surface area (Å²) in [6.07, 6.45) is -2.85. The Morgan fingerprint density at radius 1 is 1.30 bits per heavy atom. The summed E-state index contributed by atoms with van der Waals surface area (Å²) in [5.74, 6) is -0.146. The predicted molar refractivity (Wildman–Crippen MR) is 66.8 cm³/mol. The number of alkyl halides is 3. The molecule has 0 fully saturated rings. The maximum Gasteiger partial charge on any atom is 0.417 e. The molecule has 20 heavy (non-hydrogen) atoms. The molecule has 0 aliphatic rings. The number of nitrogens with one attached hydrogen (secondary N) is 2. The average molecular weight is 306 g/mol. The van der Waals surface area contributed by atoms with Crippen molar-refractivity contribution >= 4 is 28.9 Å². The van der Waals surface area contributed by atoms with Crippen LogP contribution in [0.15, 0.2) is 23.4 Å². The van der Waals surface area contributed by atoms with Gasteiger partial charge in [-0.05, 0) is 6.07 Å². The van der Waals surface area contributed by atoms with Gasteiger partial charge < -0.3 is 16.0 Å². The number of H-pyrrole nitrogens is 1. The van der Waals surface area contributed by atoms with Crippen molar-refractivity contribution in [1.82, 2.24) is 15.0 Å². The summed E-state index contributed by atoms with van der Waals surface area (Å²) < 4.78 is 37.3. The first-order valence-corrected chi connectivity index (χ1v) is 5.50. The van der Waals surface area contributed by atoms with Gasteiger partial charge >= 0.3 is 6.18 Å². The molecule has 4 N–H and O–H groups in total. The number of anilines is 3. The Kier molecular flexibility index (Phi) is 3.53. The summed E-state index contributed by atoms with van der Waals surface area (Å²) in [6, 6.07) is 0.709. The lowest BCUT2D eigenvalue weighted by atomic mass is 10.3. The van der Waals surface area contributed by atoms with E-state index in [1.54, 1.807) is 0 Å². The van der Waals surface area contributed by atoms with Crippen LogP contribution in [0.1, 0.15) is 5.56 Å². The highest BCUT2D eigenvalue weighted by Gasteiger charge is 2.31. The van der Waals surface area contributed by atoms with Gasteiger partial charge in [0.05, 0.1) is 16.9 Å². The molecular weight excluding hydrogens is 299 g/mol. The minimum absolute atomic E-state index is 0.0529. The highest BCUT2D eigenvalue weighted by atomic mass is 35.5. The van der Waals surface area contributed by atoms with E-state index in [1.165, 1.54) is 0 Å². The van der Waals surface area contributed by atoms with Gasteiger partial charge in [0.25, 0.3) is 5.56 Å². The minimum Gasteiger partial charge on any atom is -0.391 e. The molecule has 6 nitrogen and oxygen atoms in total. The Bertz CT molecular complexity index is 700. The molecule has 0 bridgehead atoms. The van der Waals surface area contributed by atoms with Crippen LogP contribution in [0.25, 0.3) is 0 Å². The van der Waals surface area contributed by atoms with Crippen molar-refractivity contribution in [3.63, 3.8) is 0 Å². The Morgan fingerprint density at radius 3 is 2.60 bits per heavy atom. The number of halogens is 4. The molecule has 0 aromatic carbocycles. The SMILES string of the molecule is Nc1c(Nc2ncc(C(F)(F)F)cc2Cl)nc[nH]c1=O. The van der Waals surface area contributed by atoms with Crippen LogP contribution in [0.4, 0.5) is 30.5 Å². The van der Waals surface area contributed by atoms with Gasteiger partial charge in [0, 0.05) is 6.20 Å². The third kappa shape index (κ3) is 2.82. The van der Waals surface area contributed by atoms with Gasteiger partial charge in [0.15, 0.2) is 5.82 Å². The van der Waals surface area contributed by atoms with Crippen LogP contribution >= 0.6 is 11.6 Å². The van der Waals surface area contributed by atoms with Crippen LogP contribution < -0.4 is 16.6 Å². The van der Waals surface area contributed by atoms with Gasteiger partial charge in [-0.15, -0.1) is 0 Å². The second kappa shape index (κ2) is 5.00. The maximum atomic E-state index is 12.4. The average Bonchev–Trinajstić information content (AvgIpc) is 2.36. The smallest absolute Gasteiger partial charge is 0.391 e. The Balaban J connectivity index is 2.36. The fourth-order valence-electron chi connectivity index (χ4n) is 1.31. The number of aromatic nitrogens is 3. The van der Waals surface area contributed by atoms with E-state index in [4.69, 9.17) is 17.3 Å². The molecule has 2 rings (SSSR count). The second-order valence-electron chi connectivity index (χ2n) is 3.67. The molecule has 0 atom stereocenters. The summed E-state index contributed by atoms with van der Waals surface area (Å²) in [5, 5.41) is 2.22. The normalized spacial score (nSPS) is 11.4. The highest BCUT2D eigenvalue weighted by Crippen LogP contribution is 2.33. The van der Waals surface area contributed by atoms with E-state index in [9.17, 15) is 18.0 Å². The summed E-state index contributed by atoms with van der Waals surface area (Å²) in [4.78, 5) is 20.7. The van der Waals surface area contributed by atoms with E-state index in [2.05, 4.69) is 20.3 Å². The van der Waals surface area contributed by atoms with Gasteiger partial charge in [-0.2, -0.15) is 13.2 Å². The number of nitrogens with zero attached hydrogens (tertiary/aromatic N) is 2. The highest BCUT2D eigenvalue weighted by molar-refractivity contribution is 6.33. The fourth-order valence-corrected chi connectivity index (χ4v) is 1.52. The Labute approximate surface area is 114 Å². The van der Waals surface area contributed by atoms with Crippen LogP contribution in [0.3, 0.4) is 0 Å². The zero-order valence-corrected chi connectivity index (χ0v) is 10.4. The predicted octanol–water partition coefficient (Wildman–Crippen LogP) is 2.16. The molecule has 0 spiro atoms. The topological polar surface area (TPSA) is 96.7 Å². The van der Waals surface area contributed by atoms with Crippen LogP contribution in [0.5, 0.6) is 0 Å². The monoisotopic (exact) mass is 305 g/mol. The van der Waals surface area contributed by atoms with Crippen molar-refractivity contribution in [3.05, 3.63) is 39.5 Å². The molecule has 10 heteroatoms. The molecular formula is C10H7ClF3N5O. The van der Waals surface area contributed by atoms with Crippen molar-refractivity contribution < 1.29 is 13.2 Å². The molecule has 2 aromatic rings. The number of nitrogens with two attached hydrogens (primary N) is 1. The number of aromatic amines is 1. The van der Waals surface area contributed by atoms with Crippen molar-refractivity contribution in [1.29, 1.82) is 0 Å². The largest absolute Gasteiger partial charge is 0.417 e. The third-order valence-electron chi connectivity index (χ3n) is 2.29. The van der Waals surface area contributed by atoms with Crippen molar-refractivity contribution in [2.75, 3.05) is 11.1 Å². The molecule has 0 saturated heterocycles. The quantitative estimate of drug-likeness (QED) is 0.790. The van der Waals surface area contributed by atoms with E-state index in [1.807, 2.05) is 0 Å². The van der Waals surface area contributed by atoms with E-state index >= 15 is 0 Å². The van der Waals surface area contributed by atoms with Crippen molar-refractivity contribution in [2.24, 2.45) is 0 Å². The first-order chi connectivity index (χ1) is 9.29. The lowest BCUT2D eigenvalue weighted by Gasteiger charge is -2.10. The lowest BCUT2D eigenvalue weighted by molar-refractivity contribution is -0.137. The zero-order chi connectivity index (χ0) is 14.9. The molecule has 2 aromatic heterocycles. The summed E-state index contributed by atoms with van der Waals surface area (Å²) in [7, 11) is 0. The zero-order valence-electron chi connectivity index (χ0n) is 9.62. The standard InChI is InChI=1S/C10H7ClF3N5O/c11-5-1-4(10(12,13)14)2-16-7(5)19-8-6(15)9(20)18-3-17-8/h1-3H,15H2,(H2,16,17,18,19,20). The summed E-state index contributed by atoms with van der Waals surface area (Å²) in [5.41, 5.74) is 3.65. The molecule has 2 heterocycles.